The van der Waals surface area contributed by atoms with E-state index in [1.165, 1.54) is 0 Å². The fourth-order valence-corrected chi connectivity index (χ4v) is 2.26. The van der Waals surface area contributed by atoms with Crippen LogP contribution in [0, 0.1) is 11.3 Å². The van der Waals surface area contributed by atoms with E-state index < -0.39 is 0 Å². The van der Waals surface area contributed by atoms with Crippen LogP contribution in [0.3, 0.4) is 0 Å². The molecular formula is C18H20N2O. The lowest BCUT2D eigenvalue weighted by Crippen LogP contribution is -2.19. The van der Waals surface area contributed by atoms with Crippen LogP contribution in [0.2, 0.25) is 0 Å². The van der Waals surface area contributed by atoms with Gasteiger partial charge in [0.15, 0.2) is 0 Å². The molecule has 3 heteroatoms. The molecule has 108 valence electrons. The van der Waals surface area contributed by atoms with Gasteiger partial charge in [0.1, 0.15) is 5.75 Å². The first kappa shape index (κ1) is 15.1. The summed E-state index contributed by atoms with van der Waals surface area (Å²) in [7, 11) is 0. The maximum absolute atomic E-state index is 8.93. The van der Waals surface area contributed by atoms with Crippen LogP contribution in [-0.4, -0.2) is 6.61 Å². The SMILES string of the molecule is CCOc1ccccc1C(C)NCc1cccc(C#N)c1. The van der Waals surface area contributed by atoms with Gasteiger partial charge in [0, 0.05) is 18.2 Å². The van der Waals surface area contributed by atoms with Crippen molar-refractivity contribution in [2.75, 3.05) is 6.61 Å². The van der Waals surface area contributed by atoms with Gasteiger partial charge in [-0.3, -0.25) is 0 Å². The monoisotopic (exact) mass is 280 g/mol. The number of nitrogens with one attached hydrogen (secondary N) is 1. The summed E-state index contributed by atoms with van der Waals surface area (Å²) >= 11 is 0. The number of nitrogens with zero attached hydrogens (tertiary/aromatic N) is 1. The van der Waals surface area contributed by atoms with Crippen molar-refractivity contribution >= 4 is 0 Å². The van der Waals surface area contributed by atoms with E-state index in [1.54, 1.807) is 0 Å². The van der Waals surface area contributed by atoms with E-state index in [1.807, 2.05) is 49.4 Å². The molecule has 3 nitrogen and oxygen atoms in total. The van der Waals surface area contributed by atoms with E-state index in [9.17, 15) is 0 Å². The van der Waals surface area contributed by atoms with Crippen molar-refractivity contribution in [3.63, 3.8) is 0 Å². The zero-order valence-electron chi connectivity index (χ0n) is 12.5. The number of benzene rings is 2. The number of rotatable bonds is 6. The lowest BCUT2D eigenvalue weighted by molar-refractivity contribution is 0.332. The minimum Gasteiger partial charge on any atom is -0.494 e. The second-order valence-electron chi connectivity index (χ2n) is 4.89. The fourth-order valence-electron chi connectivity index (χ4n) is 2.26. The van der Waals surface area contributed by atoms with Gasteiger partial charge in [-0.05, 0) is 37.6 Å². The largest absolute Gasteiger partial charge is 0.494 e. The summed E-state index contributed by atoms with van der Waals surface area (Å²) in [6.45, 7) is 5.49. The number of hydrogen-bond donors (Lipinski definition) is 1. The molecule has 2 aromatic carbocycles. The molecule has 0 aliphatic heterocycles. The summed E-state index contributed by atoms with van der Waals surface area (Å²) in [5, 5.41) is 12.4. The van der Waals surface area contributed by atoms with Crippen molar-refractivity contribution in [2.45, 2.75) is 26.4 Å². The van der Waals surface area contributed by atoms with Gasteiger partial charge in [-0.2, -0.15) is 5.26 Å². The second-order valence-corrected chi connectivity index (χ2v) is 4.89. The molecule has 21 heavy (non-hydrogen) atoms. The summed E-state index contributed by atoms with van der Waals surface area (Å²) in [5.74, 6) is 0.922. The summed E-state index contributed by atoms with van der Waals surface area (Å²) in [6, 6.07) is 18.1. The third-order valence-corrected chi connectivity index (χ3v) is 3.35. The van der Waals surface area contributed by atoms with Crippen molar-refractivity contribution in [2.24, 2.45) is 0 Å². The minimum absolute atomic E-state index is 0.179. The maximum Gasteiger partial charge on any atom is 0.124 e. The van der Waals surface area contributed by atoms with Crippen LogP contribution >= 0.6 is 0 Å². The smallest absolute Gasteiger partial charge is 0.124 e. The minimum atomic E-state index is 0.179. The summed E-state index contributed by atoms with van der Waals surface area (Å²) in [5.41, 5.74) is 2.95. The normalized spacial score (nSPS) is 11.7. The summed E-state index contributed by atoms with van der Waals surface area (Å²) in [6.07, 6.45) is 0. The van der Waals surface area contributed by atoms with Crippen LogP contribution in [0.4, 0.5) is 0 Å². The van der Waals surface area contributed by atoms with E-state index in [4.69, 9.17) is 10.00 Å². The van der Waals surface area contributed by atoms with Gasteiger partial charge in [-0.25, -0.2) is 0 Å². The van der Waals surface area contributed by atoms with Gasteiger partial charge in [0.2, 0.25) is 0 Å². The molecule has 0 heterocycles. The zero-order chi connectivity index (χ0) is 15.1. The summed E-state index contributed by atoms with van der Waals surface area (Å²) in [4.78, 5) is 0. The Morgan fingerprint density at radius 3 is 2.76 bits per heavy atom. The van der Waals surface area contributed by atoms with Crippen molar-refractivity contribution in [1.82, 2.24) is 5.32 Å². The van der Waals surface area contributed by atoms with Gasteiger partial charge in [0.05, 0.1) is 18.2 Å². The van der Waals surface area contributed by atoms with Gasteiger partial charge >= 0.3 is 0 Å². The average Bonchev–Trinajstić information content (AvgIpc) is 2.53. The highest BCUT2D eigenvalue weighted by Gasteiger charge is 2.10. The fraction of sp³-hybridized carbons (Fsp3) is 0.278. The van der Waals surface area contributed by atoms with Crippen LogP contribution in [0.1, 0.15) is 36.6 Å². The lowest BCUT2D eigenvalue weighted by atomic mass is 10.1. The molecule has 1 unspecified atom stereocenters. The number of hydrogen-bond acceptors (Lipinski definition) is 3. The van der Waals surface area contributed by atoms with E-state index >= 15 is 0 Å². The zero-order valence-corrected chi connectivity index (χ0v) is 12.5. The molecule has 2 aromatic rings. The Hall–Kier alpha value is -2.31. The molecule has 2 rings (SSSR count). The van der Waals surface area contributed by atoms with Gasteiger partial charge in [0.25, 0.3) is 0 Å². The molecule has 0 aromatic heterocycles. The molecule has 0 aliphatic rings. The second kappa shape index (κ2) is 7.47. The Morgan fingerprint density at radius 2 is 2.00 bits per heavy atom. The lowest BCUT2D eigenvalue weighted by Gasteiger charge is -2.18. The molecule has 0 amide bonds. The van der Waals surface area contributed by atoms with E-state index in [-0.39, 0.29) is 6.04 Å². The van der Waals surface area contributed by atoms with Crippen molar-refractivity contribution in [1.29, 1.82) is 5.26 Å². The quantitative estimate of drug-likeness (QED) is 0.875. The number of ether oxygens (including phenoxy) is 1. The van der Waals surface area contributed by atoms with Crippen molar-refractivity contribution in [3.8, 4) is 11.8 Å². The third kappa shape index (κ3) is 4.08. The molecule has 0 saturated carbocycles. The van der Waals surface area contributed by atoms with Crippen LogP contribution < -0.4 is 10.1 Å². The van der Waals surface area contributed by atoms with Crippen molar-refractivity contribution < 1.29 is 4.74 Å². The predicted molar refractivity (Wildman–Crippen MR) is 84.0 cm³/mol. The highest BCUT2D eigenvalue weighted by molar-refractivity contribution is 5.36. The van der Waals surface area contributed by atoms with Crippen LogP contribution in [0.25, 0.3) is 0 Å². The van der Waals surface area contributed by atoms with Crippen LogP contribution in [0.15, 0.2) is 48.5 Å². The number of nitriles is 1. The first-order valence-corrected chi connectivity index (χ1v) is 7.18. The van der Waals surface area contributed by atoms with Crippen molar-refractivity contribution in [3.05, 3.63) is 65.2 Å². The van der Waals surface area contributed by atoms with Crippen LogP contribution in [0.5, 0.6) is 5.75 Å². The average molecular weight is 280 g/mol. The molecule has 0 fully saturated rings. The first-order valence-electron chi connectivity index (χ1n) is 7.18. The first-order chi connectivity index (χ1) is 10.2. The maximum atomic E-state index is 8.93. The van der Waals surface area contributed by atoms with E-state index in [0.717, 1.165) is 23.4 Å². The Morgan fingerprint density at radius 1 is 1.19 bits per heavy atom. The topological polar surface area (TPSA) is 45.0 Å². The third-order valence-electron chi connectivity index (χ3n) is 3.35. The molecule has 1 atom stereocenters. The standard InChI is InChI=1S/C18H20N2O/c1-3-21-18-10-5-4-9-17(18)14(2)20-13-16-8-6-7-15(11-16)12-19/h4-11,14,20H,3,13H2,1-2H3. The molecule has 0 saturated heterocycles. The molecule has 0 spiro atoms. The molecule has 0 bridgehead atoms. The highest BCUT2D eigenvalue weighted by Crippen LogP contribution is 2.25. The molecule has 0 aliphatic carbocycles. The van der Waals surface area contributed by atoms with Crippen LogP contribution in [-0.2, 0) is 6.54 Å². The Balaban J connectivity index is 2.04. The molecule has 1 N–H and O–H groups in total. The van der Waals surface area contributed by atoms with Gasteiger partial charge in [-0.1, -0.05) is 30.3 Å². The highest BCUT2D eigenvalue weighted by atomic mass is 16.5. The van der Waals surface area contributed by atoms with E-state index in [2.05, 4.69) is 24.4 Å². The molecular weight excluding hydrogens is 260 g/mol. The van der Waals surface area contributed by atoms with E-state index in [0.29, 0.717) is 12.2 Å². The Kier molecular flexibility index (Phi) is 5.36. The number of para-hydroxylation sites is 1. The van der Waals surface area contributed by atoms with Gasteiger partial charge < -0.3 is 10.1 Å². The molecule has 0 radical (unpaired) electrons. The predicted octanol–water partition coefficient (Wildman–Crippen LogP) is 3.81. The Labute approximate surface area is 126 Å². The Bertz CT molecular complexity index is 631. The van der Waals surface area contributed by atoms with Gasteiger partial charge in [-0.15, -0.1) is 0 Å². The summed E-state index contributed by atoms with van der Waals surface area (Å²) < 4.78 is 5.66.